The smallest absolute Gasteiger partial charge is 0.155 e. The van der Waals surface area contributed by atoms with Crippen LogP contribution in [0, 0.1) is 13.8 Å². The maximum atomic E-state index is 4.51. The molecule has 3 heterocycles. The van der Waals surface area contributed by atoms with Gasteiger partial charge in [-0.2, -0.15) is 10.2 Å². The van der Waals surface area contributed by atoms with E-state index in [2.05, 4.69) is 55.1 Å². The molecule has 0 aliphatic heterocycles. The molecule has 0 spiro atoms. The van der Waals surface area contributed by atoms with Gasteiger partial charge in [-0.05, 0) is 41.5 Å². The number of hydrogen-bond donors (Lipinski definition) is 1. The Labute approximate surface area is 136 Å². The van der Waals surface area contributed by atoms with Crippen molar-refractivity contribution in [1.29, 1.82) is 0 Å². The summed E-state index contributed by atoms with van der Waals surface area (Å²) >= 11 is 0. The Hall–Kier alpha value is -2.37. The van der Waals surface area contributed by atoms with E-state index >= 15 is 0 Å². The SMILES string of the molecule is Cc1cc2ncc([C@H](C)Nc3cnn(C(C)(C)C)c3)c(C)n2n1. The lowest BCUT2D eigenvalue weighted by atomic mass is 10.1. The molecule has 1 atom stereocenters. The van der Waals surface area contributed by atoms with Crippen LogP contribution >= 0.6 is 0 Å². The van der Waals surface area contributed by atoms with Crippen LogP contribution in [0.3, 0.4) is 0 Å². The molecule has 0 saturated carbocycles. The zero-order chi connectivity index (χ0) is 16.8. The van der Waals surface area contributed by atoms with Crippen molar-refractivity contribution in [1.82, 2.24) is 24.4 Å². The zero-order valence-electron chi connectivity index (χ0n) is 14.6. The third-order valence-corrected chi connectivity index (χ3v) is 4.00. The van der Waals surface area contributed by atoms with E-state index in [4.69, 9.17) is 0 Å². The number of aryl methyl sites for hydroxylation is 2. The summed E-state index contributed by atoms with van der Waals surface area (Å²) in [4.78, 5) is 4.51. The van der Waals surface area contributed by atoms with Crippen LogP contribution in [-0.2, 0) is 5.54 Å². The lowest BCUT2D eigenvalue weighted by Gasteiger charge is -2.19. The molecule has 0 bridgehead atoms. The lowest BCUT2D eigenvalue weighted by molar-refractivity contribution is 0.355. The highest BCUT2D eigenvalue weighted by Crippen LogP contribution is 2.23. The summed E-state index contributed by atoms with van der Waals surface area (Å²) in [5.74, 6) is 0. The number of anilines is 1. The molecule has 6 nitrogen and oxygen atoms in total. The summed E-state index contributed by atoms with van der Waals surface area (Å²) in [6, 6.07) is 2.11. The fourth-order valence-corrected chi connectivity index (χ4v) is 2.69. The first-order valence-electron chi connectivity index (χ1n) is 7.89. The van der Waals surface area contributed by atoms with Crippen molar-refractivity contribution in [2.24, 2.45) is 0 Å². The van der Waals surface area contributed by atoms with Gasteiger partial charge in [-0.1, -0.05) is 0 Å². The van der Waals surface area contributed by atoms with Crippen LogP contribution in [0.5, 0.6) is 0 Å². The first kappa shape index (κ1) is 15.5. The highest BCUT2D eigenvalue weighted by molar-refractivity contribution is 5.45. The summed E-state index contributed by atoms with van der Waals surface area (Å²) in [7, 11) is 0. The maximum Gasteiger partial charge on any atom is 0.155 e. The molecule has 122 valence electrons. The van der Waals surface area contributed by atoms with Crippen LogP contribution in [0.15, 0.2) is 24.7 Å². The molecule has 0 aliphatic rings. The number of rotatable bonds is 3. The lowest BCUT2D eigenvalue weighted by Crippen LogP contribution is -2.22. The van der Waals surface area contributed by atoms with E-state index in [-0.39, 0.29) is 11.6 Å². The Balaban J connectivity index is 1.87. The van der Waals surface area contributed by atoms with E-state index in [0.29, 0.717) is 0 Å². The minimum Gasteiger partial charge on any atom is -0.376 e. The number of hydrogen-bond acceptors (Lipinski definition) is 4. The van der Waals surface area contributed by atoms with Crippen molar-refractivity contribution in [2.45, 2.75) is 53.1 Å². The fourth-order valence-electron chi connectivity index (χ4n) is 2.69. The van der Waals surface area contributed by atoms with Gasteiger partial charge in [0.25, 0.3) is 0 Å². The number of nitrogens with zero attached hydrogens (tertiary/aromatic N) is 5. The number of nitrogens with one attached hydrogen (secondary N) is 1. The van der Waals surface area contributed by atoms with Crippen molar-refractivity contribution in [3.05, 3.63) is 41.6 Å². The van der Waals surface area contributed by atoms with Gasteiger partial charge >= 0.3 is 0 Å². The van der Waals surface area contributed by atoms with Crippen molar-refractivity contribution in [2.75, 3.05) is 5.32 Å². The molecule has 0 fully saturated rings. The highest BCUT2D eigenvalue weighted by atomic mass is 15.3. The second kappa shape index (κ2) is 5.37. The minimum atomic E-state index is -0.0217. The van der Waals surface area contributed by atoms with Gasteiger partial charge in [-0.25, -0.2) is 9.50 Å². The molecular formula is C17H24N6. The number of aromatic nitrogens is 5. The van der Waals surface area contributed by atoms with E-state index < -0.39 is 0 Å². The van der Waals surface area contributed by atoms with Gasteiger partial charge in [0.1, 0.15) is 0 Å². The Morgan fingerprint density at radius 3 is 2.57 bits per heavy atom. The van der Waals surface area contributed by atoms with Crippen LogP contribution in [0.1, 0.15) is 50.7 Å². The van der Waals surface area contributed by atoms with Crippen molar-refractivity contribution < 1.29 is 0 Å². The molecular weight excluding hydrogens is 288 g/mol. The molecule has 3 rings (SSSR count). The van der Waals surface area contributed by atoms with Crippen molar-refractivity contribution in [3.63, 3.8) is 0 Å². The Kier molecular flexibility index (Phi) is 3.62. The van der Waals surface area contributed by atoms with Gasteiger partial charge in [-0.15, -0.1) is 0 Å². The first-order chi connectivity index (χ1) is 10.8. The summed E-state index contributed by atoms with van der Waals surface area (Å²) in [5.41, 5.74) is 5.08. The van der Waals surface area contributed by atoms with Crippen LogP contribution in [0.2, 0.25) is 0 Å². The van der Waals surface area contributed by atoms with Crippen molar-refractivity contribution in [3.8, 4) is 0 Å². The highest BCUT2D eigenvalue weighted by Gasteiger charge is 2.17. The molecule has 0 aromatic carbocycles. The zero-order valence-corrected chi connectivity index (χ0v) is 14.6. The largest absolute Gasteiger partial charge is 0.376 e. The second-order valence-corrected chi connectivity index (χ2v) is 7.07. The van der Waals surface area contributed by atoms with Gasteiger partial charge in [0.2, 0.25) is 0 Å². The normalized spacial score (nSPS) is 13.5. The standard InChI is InChI=1S/C17H24N6/c1-11-7-16-18-9-15(13(3)23(16)21-11)12(2)20-14-8-19-22(10-14)17(4,5)6/h7-10,12,20H,1-6H3/t12-/m0/s1. The quantitative estimate of drug-likeness (QED) is 0.804. The van der Waals surface area contributed by atoms with E-state index in [1.165, 1.54) is 0 Å². The van der Waals surface area contributed by atoms with E-state index in [9.17, 15) is 0 Å². The predicted molar refractivity (Wildman–Crippen MR) is 91.7 cm³/mol. The topological polar surface area (TPSA) is 60.0 Å². The third-order valence-electron chi connectivity index (χ3n) is 4.00. The van der Waals surface area contributed by atoms with Gasteiger partial charge in [0.05, 0.1) is 29.2 Å². The summed E-state index contributed by atoms with van der Waals surface area (Å²) in [5, 5.41) is 12.4. The molecule has 6 heteroatoms. The van der Waals surface area contributed by atoms with Gasteiger partial charge in [0, 0.05) is 29.7 Å². The fraction of sp³-hybridized carbons (Fsp3) is 0.471. The molecule has 0 unspecified atom stereocenters. The predicted octanol–water partition coefficient (Wildman–Crippen LogP) is 3.47. The third kappa shape index (κ3) is 2.93. The molecule has 23 heavy (non-hydrogen) atoms. The average molecular weight is 312 g/mol. The minimum absolute atomic E-state index is 0.0217. The second-order valence-electron chi connectivity index (χ2n) is 7.07. The Bertz CT molecular complexity index is 837. The first-order valence-corrected chi connectivity index (χ1v) is 7.89. The van der Waals surface area contributed by atoms with Crippen molar-refractivity contribution >= 4 is 11.3 Å². The molecule has 3 aromatic heterocycles. The molecule has 0 radical (unpaired) electrons. The Morgan fingerprint density at radius 1 is 1.17 bits per heavy atom. The van der Waals surface area contributed by atoms with Crippen LogP contribution in [0.25, 0.3) is 5.65 Å². The van der Waals surface area contributed by atoms with Gasteiger partial charge in [-0.3, -0.25) is 4.68 Å². The molecule has 1 N–H and O–H groups in total. The summed E-state index contributed by atoms with van der Waals surface area (Å²) in [6.07, 6.45) is 5.83. The maximum absolute atomic E-state index is 4.51. The summed E-state index contributed by atoms with van der Waals surface area (Å²) < 4.78 is 3.87. The monoisotopic (exact) mass is 312 g/mol. The van der Waals surface area contributed by atoms with Gasteiger partial charge < -0.3 is 5.32 Å². The molecule has 0 saturated heterocycles. The van der Waals surface area contributed by atoms with Crippen LogP contribution < -0.4 is 5.32 Å². The van der Waals surface area contributed by atoms with E-state index in [1.54, 1.807) is 0 Å². The Morgan fingerprint density at radius 2 is 1.91 bits per heavy atom. The van der Waals surface area contributed by atoms with E-state index in [1.807, 2.05) is 40.8 Å². The van der Waals surface area contributed by atoms with E-state index in [0.717, 1.165) is 28.3 Å². The molecule has 0 amide bonds. The van der Waals surface area contributed by atoms with Gasteiger partial charge in [0.15, 0.2) is 5.65 Å². The number of fused-ring (bicyclic) bond motifs is 1. The summed E-state index contributed by atoms with van der Waals surface area (Å²) in [6.45, 7) is 12.6. The van der Waals surface area contributed by atoms with Crippen LogP contribution in [0.4, 0.5) is 5.69 Å². The molecule has 3 aromatic rings. The van der Waals surface area contributed by atoms with Crippen LogP contribution in [-0.4, -0.2) is 24.4 Å². The molecule has 0 aliphatic carbocycles. The average Bonchev–Trinajstić information content (AvgIpc) is 3.04.